The molecule has 1 N–H and O–H groups in total. The van der Waals surface area contributed by atoms with Crippen molar-refractivity contribution >= 4 is 38.9 Å². The van der Waals surface area contributed by atoms with Gasteiger partial charge < -0.3 is 10.1 Å². The normalized spacial score (nSPS) is 10.6. The average molecular weight is 348 g/mol. The van der Waals surface area contributed by atoms with E-state index in [9.17, 15) is 0 Å². The Hall–Kier alpha value is -0.620. The fourth-order valence-electron chi connectivity index (χ4n) is 1.48. The van der Waals surface area contributed by atoms with Gasteiger partial charge in [-0.15, -0.1) is 11.3 Å². The Balaban J connectivity index is 1.88. The highest BCUT2D eigenvalue weighted by Crippen LogP contribution is 2.31. The molecule has 0 unspecified atom stereocenters. The summed E-state index contributed by atoms with van der Waals surface area (Å²) in [5, 5.41) is 3.36. The summed E-state index contributed by atoms with van der Waals surface area (Å²) in [5.74, 6) is 0.635. The smallest absolute Gasteiger partial charge is 0.213 e. The van der Waals surface area contributed by atoms with E-state index in [1.165, 1.54) is 4.88 Å². The van der Waals surface area contributed by atoms with Crippen LogP contribution in [-0.2, 0) is 13.1 Å². The van der Waals surface area contributed by atoms with Crippen LogP contribution in [0.25, 0.3) is 0 Å². The predicted octanol–water partition coefficient (Wildman–Crippen LogP) is 3.86. The molecular formula is C12H12BrClN2OS. The fourth-order valence-corrected chi connectivity index (χ4v) is 3.24. The number of nitrogens with zero attached hydrogens (tertiary/aromatic N) is 1. The van der Waals surface area contributed by atoms with Crippen molar-refractivity contribution in [2.45, 2.75) is 13.1 Å². The summed E-state index contributed by atoms with van der Waals surface area (Å²) in [5.41, 5.74) is 1.14. The molecule has 0 spiro atoms. The molecule has 0 atom stereocenters. The number of ether oxygens (including phenoxy) is 1. The van der Waals surface area contributed by atoms with E-state index >= 15 is 0 Å². The molecule has 0 aliphatic rings. The zero-order valence-electron chi connectivity index (χ0n) is 9.74. The van der Waals surface area contributed by atoms with Crippen molar-refractivity contribution < 1.29 is 4.74 Å². The van der Waals surface area contributed by atoms with E-state index in [-0.39, 0.29) is 0 Å². The quantitative estimate of drug-likeness (QED) is 0.892. The Morgan fingerprint density at radius 1 is 1.44 bits per heavy atom. The number of aromatic nitrogens is 1. The topological polar surface area (TPSA) is 34.1 Å². The molecule has 2 rings (SSSR count). The maximum atomic E-state index is 5.98. The molecule has 0 saturated heterocycles. The summed E-state index contributed by atoms with van der Waals surface area (Å²) in [7, 11) is 1.62. The van der Waals surface area contributed by atoms with E-state index in [1.807, 2.05) is 18.2 Å². The largest absolute Gasteiger partial charge is 0.481 e. The van der Waals surface area contributed by atoms with E-state index in [1.54, 1.807) is 24.6 Å². The van der Waals surface area contributed by atoms with E-state index in [4.69, 9.17) is 16.3 Å². The highest BCUT2D eigenvalue weighted by atomic mass is 79.9. The molecule has 0 radical (unpaired) electrons. The first-order chi connectivity index (χ1) is 8.69. The van der Waals surface area contributed by atoms with Crippen LogP contribution >= 0.6 is 38.9 Å². The van der Waals surface area contributed by atoms with Gasteiger partial charge in [-0.1, -0.05) is 11.6 Å². The van der Waals surface area contributed by atoms with Gasteiger partial charge in [-0.05, 0) is 33.6 Å². The second-order valence-electron chi connectivity index (χ2n) is 3.64. The second kappa shape index (κ2) is 6.52. The van der Waals surface area contributed by atoms with Crippen molar-refractivity contribution in [3.63, 3.8) is 0 Å². The van der Waals surface area contributed by atoms with Crippen molar-refractivity contribution in [3.05, 3.63) is 43.6 Å². The molecule has 0 aliphatic heterocycles. The first-order valence-corrected chi connectivity index (χ1v) is 7.31. The monoisotopic (exact) mass is 346 g/mol. The molecule has 2 heterocycles. The van der Waals surface area contributed by atoms with Crippen molar-refractivity contribution in [2.75, 3.05) is 7.11 Å². The summed E-state index contributed by atoms with van der Waals surface area (Å²) in [6.07, 6.45) is 1.74. The van der Waals surface area contributed by atoms with Gasteiger partial charge in [0.05, 0.1) is 7.11 Å². The lowest BCUT2D eigenvalue weighted by Gasteiger charge is -2.04. The second-order valence-corrected chi connectivity index (χ2v) is 6.24. The van der Waals surface area contributed by atoms with Crippen molar-refractivity contribution in [1.82, 2.24) is 10.3 Å². The highest BCUT2D eigenvalue weighted by Gasteiger charge is 2.04. The molecule has 0 saturated carbocycles. The number of halogens is 2. The van der Waals surface area contributed by atoms with Gasteiger partial charge >= 0.3 is 0 Å². The van der Waals surface area contributed by atoms with Gasteiger partial charge in [0, 0.05) is 34.7 Å². The van der Waals surface area contributed by atoms with Gasteiger partial charge in [-0.3, -0.25) is 0 Å². The van der Waals surface area contributed by atoms with Crippen LogP contribution in [0.1, 0.15) is 10.4 Å². The molecule has 96 valence electrons. The van der Waals surface area contributed by atoms with Gasteiger partial charge in [-0.25, -0.2) is 4.98 Å². The third-order valence-electron chi connectivity index (χ3n) is 2.33. The van der Waals surface area contributed by atoms with Crippen LogP contribution in [0.5, 0.6) is 5.88 Å². The van der Waals surface area contributed by atoms with E-state index in [0.29, 0.717) is 5.88 Å². The molecule has 0 amide bonds. The van der Waals surface area contributed by atoms with Crippen molar-refractivity contribution in [3.8, 4) is 5.88 Å². The average Bonchev–Trinajstić information content (AvgIpc) is 2.69. The van der Waals surface area contributed by atoms with Gasteiger partial charge in [0.2, 0.25) is 5.88 Å². The summed E-state index contributed by atoms with van der Waals surface area (Å²) < 4.78 is 6.82. The number of nitrogens with one attached hydrogen (secondary N) is 1. The van der Waals surface area contributed by atoms with Crippen LogP contribution in [0.15, 0.2) is 28.9 Å². The molecule has 0 aliphatic carbocycles. The Labute approximate surface area is 123 Å². The third kappa shape index (κ3) is 3.68. The van der Waals surface area contributed by atoms with Crippen LogP contribution in [0, 0.1) is 0 Å². The number of hydrogen-bond acceptors (Lipinski definition) is 4. The van der Waals surface area contributed by atoms with Gasteiger partial charge in [-0.2, -0.15) is 0 Å². The molecule has 18 heavy (non-hydrogen) atoms. The van der Waals surface area contributed by atoms with Crippen LogP contribution in [0.2, 0.25) is 4.34 Å². The van der Waals surface area contributed by atoms with Crippen molar-refractivity contribution in [1.29, 1.82) is 0 Å². The molecule has 3 nitrogen and oxygen atoms in total. The first-order valence-electron chi connectivity index (χ1n) is 5.32. The fraction of sp³-hybridized carbons (Fsp3) is 0.250. The number of hydrogen-bond donors (Lipinski definition) is 1. The number of pyridine rings is 1. The molecular weight excluding hydrogens is 336 g/mol. The molecule has 0 bridgehead atoms. The Morgan fingerprint density at radius 2 is 2.28 bits per heavy atom. The summed E-state index contributed by atoms with van der Waals surface area (Å²) >= 11 is 11.0. The standard InChI is InChI=1S/C12H12BrClN2OS/c1-17-11-4-8(2-3-16-11)6-15-7-9-5-10(13)12(14)18-9/h2-5,15H,6-7H2,1H3. The molecule has 6 heteroatoms. The van der Waals surface area contributed by atoms with E-state index in [0.717, 1.165) is 27.5 Å². The van der Waals surface area contributed by atoms with E-state index < -0.39 is 0 Å². The highest BCUT2D eigenvalue weighted by molar-refractivity contribution is 9.10. The van der Waals surface area contributed by atoms with Gasteiger partial charge in [0.1, 0.15) is 4.34 Å². The predicted molar refractivity (Wildman–Crippen MR) is 78.4 cm³/mol. The van der Waals surface area contributed by atoms with Crippen molar-refractivity contribution in [2.24, 2.45) is 0 Å². The Kier molecular flexibility index (Phi) is 5.00. The minimum Gasteiger partial charge on any atom is -0.481 e. The van der Waals surface area contributed by atoms with Gasteiger partial charge in [0.15, 0.2) is 0 Å². The van der Waals surface area contributed by atoms with Crippen LogP contribution in [0.4, 0.5) is 0 Å². The molecule has 2 aromatic rings. The number of thiophene rings is 1. The Bertz CT molecular complexity index is 513. The van der Waals surface area contributed by atoms with E-state index in [2.05, 4.69) is 26.2 Å². The maximum absolute atomic E-state index is 5.98. The molecule has 2 aromatic heterocycles. The number of methoxy groups -OCH3 is 1. The lowest BCUT2D eigenvalue weighted by Crippen LogP contribution is -2.11. The lowest BCUT2D eigenvalue weighted by molar-refractivity contribution is 0.397. The lowest BCUT2D eigenvalue weighted by atomic mass is 10.2. The van der Waals surface area contributed by atoms with Crippen LogP contribution < -0.4 is 10.1 Å². The summed E-state index contributed by atoms with van der Waals surface area (Å²) in [6.45, 7) is 1.56. The maximum Gasteiger partial charge on any atom is 0.213 e. The van der Waals surface area contributed by atoms with Crippen LogP contribution in [-0.4, -0.2) is 12.1 Å². The van der Waals surface area contributed by atoms with Crippen LogP contribution in [0.3, 0.4) is 0 Å². The van der Waals surface area contributed by atoms with Gasteiger partial charge in [0.25, 0.3) is 0 Å². The SMILES string of the molecule is COc1cc(CNCc2cc(Br)c(Cl)s2)ccn1. The minimum atomic E-state index is 0.635. The zero-order chi connectivity index (χ0) is 13.0. The molecule has 0 aromatic carbocycles. The first kappa shape index (κ1) is 13.8. The summed E-state index contributed by atoms with van der Waals surface area (Å²) in [4.78, 5) is 5.27. The minimum absolute atomic E-state index is 0.635. The third-order valence-corrected chi connectivity index (χ3v) is 4.81. The molecule has 0 fully saturated rings. The Morgan fingerprint density at radius 3 is 2.94 bits per heavy atom. The summed E-state index contributed by atoms with van der Waals surface area (Å²) in [6, 6.07) is 5.92. The number of rotatable bonds is 5. The zero-order valence-corrected chi connectivity index (χ0v) is 12.9.